The zero-order valence-electron chi connectivity index (χ0n) is 15.1. The van der Waals surface area contributed by atoms with E-state index in [1.807, 2.05) is 18.7 Å². The number of rotatable bonds is 6. The Labute approximate surface area is 150 Å². The molecule has 0 radical (unpaired) electrons. The largest absolute Gasteiger partial charge is 0.478 e. The molecule has 1 unspecified atom stereocenters. The lowest BCUT2D eigenvalue weighted by molar-refractivity contribution is -0.123. The van der Waals surface area contributed by atoms with E-state index in [1.165, 1.54) is 12.8 Å². The molecule has 1 aliphatic heterocycles. The first-order valence-electron chi connectivity index (χ1n) is 8.63. The van der Waals surface area contributed by atoms with Gasteiger partial charge in [0.2, 0.25) is 5.91 Å². The van der Waals surface area contributed by atoms with E-state index in [1.54, 1.807) is 0 Å². The summed E-state index contributed by atoms with van der Waals surface area (Å²) in [6, 6.07) is -0.0755. The van der Waals surface area contributed by atoms with Crippen LogP contribution < -0.4 is 5.32 Å². The fourth-order valence-electron chi connectivity index (χ4n) is 3.78. The molecule has 0 aromatic carbocycles. The number of allylic oxidation sites excluding steroid dienone is 2. The van der Waals surface area contributed by atoms with Gasteiger partial charge in [0.15, 0.2) is 5.88 Å². The van der Waals surface area contributed by atoms with Gasteiger partial charge < -0.3 is 15.0 Å². The third-order valence-corrected chi connectivity index (χ3v) is 5.84. The number of nitrogens with one attached hydrogen (secondary N) is 1. The third-order valence-electron chi connectivity index (χ3n) is 5.22. The molecule has 1 atom stereocenters. The van der Waals surface area contributed by atoms with E-state index < -0.39 is 0 Å². The average molecular weight is 353 g/mol. The van der Waals surface area contributed by atoms with Crippen molar-refractivity contribution in [2.75, 3.05) is 19.7 Å². The van der Waals surface area contributed by atoms with Crippen LogP contribution in [0.15, 0.2) is 35.2 Å². The highest BCUT2D eigenvalue weighted by Gasteiger charge is 2.39. The number of carbonyl (C=O) groups is 1. The number of hydrogen-bond acceptors (Lipinski definition) is 3. The zero-order valence-corrected chi connectivity index (χ0v) is 15.8. The minimum Gasteiger partial charge on any atom is -0.478 e. The lowest BCUT2D eigenvalue weighted by Gasteiger charge is -2.36. The van der Waals surface area contributed by atoms with Gasteiger partial charge >= 0.3 is 0 Å². The lowest BCUT2D eigenvalue weighted by Crippen LogP contribution is -2.49. The number of carbonyl (C=O) groups excluding carboxylic acids is 1. The van der Waals surface area contributed by atoms with Gasteiger partial charge in [-0.15, -0.1) is 0 Å². The Hall–Kier alpha value is -1.42. The number of ether oxygens (including phenoxy) is 1. The predicted octanol–water partition coefficient (Wildman–Crippen LogP) is 3.94. The van der Waals surface area contributed by atoms with Gasteiger partial charge in [-0.3, -0.25) is 4.79 Å². The average Bonchev–Trinajstić information content (AvgIpc) is 3.13. The minimum absolute atomic E-state index is 0.0229. The van der Waals surface area contributed by atoms with Crippen LogP contribution in [0, 0.1) is 5.41 Å². The maximum Gasteiger partial charge on any atom is 0.240 e. The molecule has 2 fully saturated rings. The molecular formula is C19H29ClN2O2. The van der Waals surface area contributed by atoms with Crippen molar-refractivity contribution in [1.82, 2.24) is 10.2 Å². The molecule has 134 valence electrons. The van der Waals surface area contributed by atoms with E-state index >= 15 is 0 Å². The van der Waals surface area contributed by atoms with Crippen LogP contribution in [0.2, 0.25) is 0 Å². The van der Waals surface area contributed by atoms with E-state index in [-0.39, 0.29) is 23.9 Å². The molecule has 1 amide bonds. The maximum atomic E-state index is 12.6. The monoisotopic (exact) mass is 352 g/mol. The van der Waals surface area contributed by atoms with Gasteiger partial charge in [0, 0.05) is 5.03 Å². The van der Waals surface area contributed by atoms with Crippen LogP contribution in [-0.4, -0.2) is 36.5 Å². The molecule has 1 saturated heterocycles. The summed E-state index contributed by atoms with van der Waals surface area (Å²) in [5, 5.41) is 3.89. The van der Waals surface area contributed by atoms with Crippen molar-refractivity contribution in [2.24, 2.45) is 5.41 Å². The zero-order chi connectivity index (χ0) is 17.9. The highest BCUT2D eigenvalue weighted by Crippen LogP contribution is 2.44. The van der Waals surface area contributed by atoms with Crippen molar-refractivity contribution in [3.05, 3.63) is 35.2 Å². The van der Waals surface area contributed by atoms with E-state index in [2.05, 4.69) is 25.4 Å². The highest BCUT2D eigenvalue weighted by molar-refractivity contribution is 6.32. The number of halogens is 1. The van der Waals surface area contributed by atoms with Crippen molar-refractivity contribution in [3.63, 3.8) is 0 Å². The first-order chi connectivity index (χ1) is 11.2. The Morgan fingerprint density at radius 3 is 2.54 bits per heavy atom. The second kappa shape index (κ2) is 7.64. The molecule has 1 saturated carbocycles. The van der Waals surface area contributed by atoms with Crippen LogP contribution in [0.5, 0.6) is 0 Å². The molecule has 0 aromatic heterocycles. The summed E-state index contributed by atoms with van der Waals surface area (Å²) in [4.78, 5) is 14.5. The quantitative estimate of drug-likeness (QED) is 0.736. The van der Waals surface area contributed by atoms with E-state index in [0.29, 0.717) is 24.1 Å². The smallest absolute Gasteiger partial charge is 0.240 e. The second-order valence-electron chi connectivity index (χ2n) is 7.30. The SMILES string of the molecule is C=C(C)/C(Cl)=C(\C)C(NC(=O)CN1CCOC1=C)C1(C)CCCC1. The van der Waals surface area contributed by atoms with Crippen molar-refractivity contribution in [1.29, 1.82) is 0 Å². The fraction of sp³-hybridized carbons (Fsp3) is 0.632. The normalized spacial score (nSPS) is 22.0. The van der Waals surface area contributed by atoms with Crippen molar-refractivity contribution < 1.29 is 9.53 Å². The Balaban J connectivity index is 2.17. The first kappa shape index (κ1) is 18.9. The summed E-state index contributed by atoms with van der Waals surface area (Å²) < 4.78 is 5.32. The van der Waals surface area contributed by atoms with Gasteiger partial charge in [0.25, 0.3) is 0 Å². The Morgan fingerprint density at radius 2 is 2.04 bits per heavy atom. The lowest BCUT2D eigenvalue weighted by atomic mass is 9.77. The maximum absolute atomic E-state index is 12.6. The van der Waals surface area contributed by atoms with Gasteiger partial charge in [-0.05, 0) is 49.8 Å². The van der Waals surface area contributed by atoms with Crippen LogP contribution >= 0.6 is 11.6 Å². The Kier molecular flexibility index (Phi) is 6.02. The van der Waals surface area contributed by atoms with Crippen LogP contribution in [0.4, 0.5) is 0 Å². The molecule has 24 heavy (non-hydrogen) atoms. The van der Waals surface area contributed by atoms with Gasteiger partial charge in [-0.25, -0.2) is 0 Å². The minimum atomic E-state index is -0.0755. The molecular weight excluding hydrogens is 324 g/mol. The van der Waals surface area contributed by atoms with Gasteiger partial charge in [0.1, 0.15) is 6.61 Å². The number of amides is 1. The van der Waals surface area contributed by atoms with Crippen molar-refractivity contribution in [2.45, 2.75) is 52.5 Å². The van der Waals surface area contributed by atoms with Crippen molar-refractivity contribution in [3.8, 4) is 0 Å². The van der Waals surface area contributed by atoms with E-state index in [0.717, 1.165) is 24.0 Å². The van der Waals surface area contributed by atoms with Crippen LogP contribution in [0.3, 0.4) is 0 Å². The predicted molar refractivity (Wildman–Crippen MR) is 98.5 cm³/mol. The summed E-state index contributed by atoms with van der Waals surface area (Å²) >= 11 is 6.46. The molecule has 5 heteroatoms. The summed E-state index contributed by atoms with van der Waals surface area (Å²) in [5.41, 5.74) is 1.86. The summed E-state index contributed by atoms with van der Waals surface area (Å²) in [5.74, 6) is 0.548. The Bertz CT molecular complexity index is 562. The molecule has 0 bridgehead atoms. The van der Waals surface area contributed by atoms with Gasteiger partial charge in [-0.1, -0.05) is 37.9 Å². The summed E-state index contributed by atoms with van der Waals surface area (Å²) in [7, 11) is 0. The highest BCUT2D eigenvalue weighted by atomic mass is 35.5. The third kappa shape index (κ3) is 4.15. The standard InChI is InChI=1S/C19H29ClN2O2/c1-13(2)17(20)14(3)18(19(5)8-6-7-9-19)21-16(23)12-22-10-11-24-15(22)4/h18H,1,4,6-12H2,2-3,5H3,(H,21,23)/b17-14-. The van der Waals surface area contributed by atoms with E-state index in [9.17, 15) is 4.79 Å². The molecule has 2 rings (SSSR count). The van der Waals surface area contributed by atoms with Gasteiger partial charge in [-0.2, -0.15) is 0 Å². The van der Waals surface area contributed by atoms with Gasteiger partial charge in [0.05, 0.1) is 19.1 Å². The number of nitrogens with zero attached hydrogens (tertiary/aromatic N) is 1. The molecule has 0 aromatic rings. The topological polar surface area (TPSA) is 41.6 Å². The van der Waals surface area contributed by atoms with E-state index in [4.69, 9.17) is 16.3 Å². The van der Waals surface area contributed by atoms with Crippen LogP contribution in [0.25, 0.3) is 0 Å². The van der Waals surface area contributed by atoms with Crippen LogP contribution in [0.1, 0.15) is 46.5 Å². The summed E-state index contributed by atoms with van der Waals surface area (Å²) in [6.45, 7) is 15.5. The molecule has 0 spiro atoms. The molecule has 1 heterocycles. The molecule has 1 N–H and O–H groups in total. The molecule has 4 nitrogen and oxygen atoms in total. The summed E-state index contributed by atoms with van der Waals surface area (Å²) in [6.07, 6.45) is 4.57. The fourth-order valence-corrected chi connectivity index (χ4v) is 3.89. The number of hydrogen-bond donors (Lipinski definition) is 1. The molecule has 2 aliphatic rings. The first-order valence-corrected chi connectivity index (χ1v) is 9.00. The Morgan fingerprint density at radius 1 is 1.42 bits per heavy atom. The second-order valence-corrected chi connectivity index (χ2v) is 7.68. The molecule has 1 aliphatic carbocycles. The van der Waals surface area contributed by atoms with Crippen molar-refractivity contribution >= 4 is 17.5 Å². The van der Waals surface area contributed by atoms with Crippen LogP contribution in [-0.2, 0) is 9.53 Å².